The van der Waals surface area contributed by atoms with Crippen molar-refractivity contribution in [1.82, 2.24) is 0 Å². The van der Waals surface area contributed by atoms with E-state index in [1.165, 1.54) is 6.42 Å². The molecule has 6 fully saturated rings. The van der Waals surface area contributed by atoms with Gasteiger partial charge >= 0.3 is 0 Å². The summed E-state index contributed by atoms with van der Waals surface area (Å²) >= 11 is 0. The highest BCUT2D eigenvalue weighted by Crippen LogP contribution is 2.81. The number of carbonyl (C=O) groups is 2. The van der Waals surface area contributed by atoms with Crippen LogP contribution in [0.5, 0.6) is 0 Å². The van der Waals surface area contributed by atoms with Crippen molar-refractivity contribution >= 4 is 11.6 Å². The summed E-state index contributed by atoms with van der Waals surface area (Å²) in [7, 11) is 0. The molecule has 0 saturated heterocycles. The molecule has 6 aliphatic carbocycles. The van der Waals surface area contributed by atoms with Crippen LogP contribution in [0.4, 0.5) is 0 Å². The van der Waals surface area contributed by atoms with Crippen LogP contribution in [0.1, 0.15) is 12.8 Å². The monoisotopic (exact) mass is 214 g/mol. The number of fused-ring (bicyclic) bond motifs is 3. The summed E-state index contributed by atoms with van der Waals surface area (Å²) in [6, 6.07) is 0. The van der Waals surface area contributed by atoms with Gasteiger partial charge in [0.05, 0.1) is 0 Å². The number of ketones is 2. The Morgan fingerprint density at radius 2 is 1.25 bits per heavy atom. The van der Waals surface area contributed by atoms with Crippen molar-refractivity contribution in [2.24, 2.45) is 59.2 Å². The van der Waals surface area contributed by atoms with Gasteiger partial charge in [-0.2, -0.15) is 0 Å². The van der Waals surface area contributed by atoms with Gasteiger partial charge in [0, 0.05) is 23.7 Å². The van der Waals surface area contributed by atoms with E-state index in [-0.39, 0.29) is 0 Å². The highest BCUT2D eigenvalue weighted by atomic mass is 16.1. The zero-order valence-electron chi connectivity index (χ0n) is 9.00. The maximum absolute atomic E-state index is 12.4. The summed E-state index contributed by atoms with van der Waals surface area (Å²) in [5.41, 5.74) is 0. The summed E-state index contributed by atoms with van der Waals surface area (Å²) in [4.78, 5) is 24.9. The van der Waals surface area contributed by atoms with Gasteiger partial charge in [0.15, 0.2) is 0 Å². The van der Waals surface area contributed by atoms with Gasteiger partial charge in [-0.25, -0.2) is 0 Å². The lowest BCUT2D eigenvalue weighted by Gasteiger charge is -2.30. The lowest BCUT2D eigenvalue weighted by atomic mass is 9.72. The van der Waals surface area contributed by atoms with Gasteiger partial charge in [0.1, 0.15) is 11.6 Å². The maximum Gasteiger partial charge on any atom is 0.139 e. The first-order chi connectivity index (χ1) is 7.79. The summed E-state index contributed by atoms with van der Waals surface area (Å²) in [5.74, 6) is 6.62. The Balaban J connectivity index is 1.75. The molecule has 0 aliphatic heterocycles. The molecule has 2 bridgehead atoms. The lowest BCUT2D eigenvalue weighted by molar-refractivity contribution is -0.133. The molecule has 0 N–H and O–H groups in total. The van der Waals surface area contributed by atoms with Crippen LogP contribution in [0.25, 0.3) is 0 Å². The van der Waals surface area contributed by atoms with Gasteiger partial charge < -0.3 is 0 Å². The van der Waals surface area contributed by atoms with E-state index in [1.807, 2.05) is 0 Å². The molecule has 0 amide bonds. The number of Topliss-reactive ketones (excluding diaryl/α,β-unsaturated/α-hetero) is 2. The maximum atomic E-state index is 12.4. The molecule has 10 atom stereocenters. The van der Waals surface area contributed by atoms with E-state index >= 15 is 0 Å². The van der Waals surface area contributed by atoms with Crippen LogP contribution in [-0.4, -0.2) is 11.6 Å². The predicted octanol–water partition coefficient (Wildman–Crippen LogP) is 1.15. The average Bonchev–Trinajstić information content (AvgIpc) is 2.92. The standard InChI is InChI=1S/C14H14O2/c15-13-5-2-6-10-8-3-1-4(12(8)14(6)16)11(13)7(3)9(5)10/h3-12H,1-2H2/t3?,4?,5-,6?,7+,8-,9?,10?,11+,12-/m0/s1. The van der Waals surface area contributed by atoms with E-state index in [1.54, 1.807) is 0 Å². The van der Waals surface area contributed by atoms with Gasteiger partial charge in [-0.3, -0.25) is 9.59 Å². The summed E-state index contributed by atoms with van der Waals surface area (Å²) in [6.07, 6.45) is 2.18. The SMILES string of the molecule is O=C1[C@H]2CC3C(=O)[C@H]4C5CC6[C@H](C2C3[C@H]64)[C@H]15. The highest BCUT2D eigenvalue weighted by molar-refractivity contribution is 5.97. The van der Waals surface area contributed by atoms with Crippen molar-refractivity contribution in [3.63, 3.8) is 0 Å². The fourth-order valence-corrected chi connectivity index (χ4v) is 7.64. The van der Waals surface area contributed by atoms with Gasteiger partial charge in [0.2, 0.25) is 0 Å². The summed E-state index contributed by atoms with van der Waals surface area (Å²) < 4.78 is 0. The molecule has 82 valence electrons. The third-order valence-corrected chi connectivity index (χ3v) is 7.44. The Labute approximate surface area is 93.8 Å². The van der Waals surface area contributed by atoms with Crippen molar-refractivity contribution in [3.05, 3.63) is 0 Å². The van der Waals surface area contributed by atoms with Crippen molar-refractivity contribution in [1.29, 1.82) is 0 Å². The Kier molecular flexibility index (Phi) is 0.872. The number of rotatable bonds is 0. The minimum Gasteiger partial charge on any atom is -0.299 e. The molecule has 5 unspecified atom stereocenters. The molecule has 0 aromatic rings. The fraction of sp³-hybridized carbons (Fsp3) is 0.857. The second-order valence-corrected chi connectivity index (χ2v) is 7.18. The second kappa shape index (κ2) is 1.83. The van der Waals surface area contributed by atoms with Crippen LogP contribution >= 0.6 is 0 Å². The van der Waals surface area contributed by atoms with E-state index in [0.29, 0.717) is 53.0 Å². The Morgan fingerprint density at radius 1 is 0.688 bits per heavy atom. The molecular weight excluding hydrogens is 200 g/mol. The van der Waals surface area contributed by atoms with Crippen molar-refractivity contribution in [2.75, 3.05) is 0 Å². The van der Waals surface area contributed by atoms with Crippen LogP contribution in [0.3, 0.4) is 0 Å². The molecule has 6 rings (SSSR count). The van der Waals surface area contributed by atoms with E-state index in [4.69, 9.17) is 0 Å². The fourth-order valence-electron chi connectivity index (χ4n) is 7.64. The topological polar surface area (TPSA) is 34.1 Å². The van der Waals surface area contributed by atoms with Crippen LogP contribution in [0.15, 0.2) is 0 Å². The summed E-state index contributed by atoms with van der Waals surface area (Å²) in [6.45, 7) is 0. The number of carbonyl (C=O) groups excluding carboxylic acids is 2. The largest absolute Gasteiger partial charge is 0.299 e. The molecule has 6 aliphatic rings. The van der Waals surface area contributed by atoms with E-state index < -0.39 is 0 Å². The molecule has 0 aromatic heterocycles. The molecule has 0 aromatic carbocycles. The smallest absolute Gasteiger partial charge is 0.139 e. The van der Waals surface area contributed by atoms with Crippen molar-refractivity contribution in [3.8, 4) is 0 Å². The molecule has 16 heavy (non-hydrogen) atoms. The third-order valence-electron chi connectivity index (χ3n) is 7.44. The first kappa shape index (κ1) is 7.62. The van der Waals surface area contributed by atoms with Crippen LogP contribution in [-0.2, 0) is 9.59 Å². The molecule has 6 saturated carbocycles. The van der Waals surface area contributed by atoms with E-state index in [9.17, 15) is 9.59 Å². The Hall–Kier alpha value is -0.660. The molecule has 0 heterocycles. The normalized spacial score (nSPS) is 75.2. The average molecular weight is 214 g/mol. The van der Waals surface area contributed by atoms with Crippen LogP contribution < -0.4 is 0 Å². The minimum absolute atomic E-state index is 0.325. The zero-order chi connectivity index (χ0) is 10.3. The van der Waals surface area contributed by atoms with Gasteiger partial charge in [-0.15, -0.1) is 0 Å². The van der Waals surface area contributed by atoms with Crippen LogP contribution in [0, 0.1) is 59.2 Å². The Bertz CT molecular complexity index is 441. The molecule has 2 heteroatoms. The first-order valence-electron chi connectivity index (χ1n) is 6.86. The van der Waals surface area contributed by atoms with Gasteiger partial charge in [0.25, 0.3) is 0 Å². The summed E-state index contributed by atoms with van der Waals surface area (Å²) in [5, 5.41) is 0. The molecule has 0 radical (unpaired) electrons. The molecule has 0 spiro atoms. The zero-order valence-corrected chi connectivity index (χ0v) is 9.00. The van der Waals surface area contributed by atoms with Crippen LogP contribution in [0.2, 0.25) is 0 Å². The van der Waals surface area contributed by atoms with E-state index in [2.05, 4.69) is 0 Å². The first-order valence-corrected chi connectivity index (χ1v) is 6.86. The van der Waals surface area contributed by atoms with E-state index in [0.717, 1.165) is 24.2 Å². The van der Waals surface area contributed by atoms with Crippen molar-refractivity contribution < 1.29 is 9.59 Å². The van der Waals surface area contributed by atoms with Gasteiger partial charge in [-0.1, -0.05) is 0 Å². The quantitative estimate of drug-likeness (QED) is 0.606. The number of hydrogen-bond donors (Lipinski definition) is 0. The minimum atomic E-state index is 0.325. The Morgan fingerprint density at radius 3 is 1.81 bits per heavy atom. The molecule has 2 nitrogen and oxygen atoms in total. The number of hydrogen-bond acceptors (Lipinski definition) is 2. The van der Waals surface area contributed by atoms with Gasteiger partial charge in [-0.05, 0) is 48.3 Å². The lowest BCUT2D eigenvalue weighted by Crippen LogP contribution is -2.36. The molecular formula is C14H14O2. The predicted molar refractivity (Wildman–Crippen MR) is 54.1 cm³/mol. The highest BCUT2D eigenvalue weighted by Gasteiger charge is 2.82. The second-order valence-electron chi connectivity index (χ2n) is 7.18. The third kappa shape index (κ3) is 0.448. The van der Waals surface area contributed by atoms with Crippen molar-refractivity contribution in [2.45, 2.75) is 12.8 Å².